The van der Waals surface area contributed by atoms with Gasteiger partial charge < -0.3 is 14.5 Å². The molecule has 0 aliphatic rings. The lowest BCUT2D eigenvalue weighted by atomic mass is 10.1. The van der Waals surface area contributed by atoms with E-state index in [0.717, 1.165) is 18.5 Å². The predicted molar refractivity (Wildman–Crippen MR) is 102 cm³/mol. The molecule has 28 heavy (non-hydrogen) atoms. The number of hydrogen-bond acceptors (Lipinski definition) is 6. The molecule has 0 saturated carbocycles. The molecule has 1 N–H and O–H groups in total. The lowest BCUT2D eigenvalue weighted by molar-refractivity contribution is 0.310. The van der Waals surface area contributed by atoms with Crippen LogP contribution in [0.25, 0.3) is 11.2 Å². The number of methoxy groups -OCH3 is 1. The van der Waals surface area contributed by atoms with E-state index in [1.165, 1.54) is 11.7 Å². The second-order valence-corrected chi connectivity index (χ2v) is 8.46. The van der Waals surface area contributed by atoms with Gasteiger partial charge in [0.15, 0.2) is 17.1 Å². The fraction of sp³-hybridized carbons (Fsp3) is 0.333. The van der Waals surface area contributed by atoms with Gasteiger partial charge >= 0.3 is 5.69 Å². The Morgan fingerprint density at radius 3 is 2.68 bits per heavy atom. The smallest absolute Gasteiger partial charge is 0.328 e. The lowest BCUT2D eigenvalue weighted by Gasteiger charge is -2.20. The number of hydrogen-bond donors (Lipinski definition) is 1. The van der Waals surface area contributed by atoms with E-state index in [-0.39, 0.29) is 16.9 Å². The molecule has 150 valence electrons. The molecule has 0 radical (unpaired) electrons. The number of fused-ring (bicyclic) bond motifs is 1. The molecule has 3 rings (SSSR count). The van der Waals surface area contributed by atoms with Crippen molar-refractivity contribution in [3.05, 3.63) is 52.3 Å². The van der Waals surface area contributed by atoms with Crippen LogP contribution in [0.2, 0.25) is 0 Å². The topological polar surface area (TPSA) is 103 Å². The van der Waals surface area contributed by atoms with Crippen LogP contribution in [-0.4, -0.2) is 48.7 Å². The Bertz CT molecular complexity index is 1170. The van der Waals surface area contributed by atoms with Crippen LogP contribution in [0.1, 0.15) is 18.5 Å². The summed E-state index contributed by atoms with van der Waals surface area (Å²) in [7, 11) is -1.99. The fourth-order valence-electron chi connectivity index (χ4n) is 3.05. The van der Waals surface area contributed by atoms with Gasteiger partial charge in [-0.2, -0.15) is 0 Å². The fourth-order valence-corrected chi connectivity index (χ4v) is 3.97. The molecule has 2 aromatic heterocycles. The third-order valence-electron chi connectivity index (χ3n) is 4.17. The molecule has 1 atom stereocenters. The predicted octanol–water partition coefficient (Wildman–Crippen LogP) is 1.91. The van der Waals surface area contributed by atoms with E-state index in [9.17, 15) is 17.6 Å². The van der Waals surface area contributed by atoms with Crippen molar-refractivity contribution in [1.29, 1.82) is 0 Å². The van der Waals surface area contributed by atoms with Gasteiger partial charge in [-0.1, -0.05) is 6.07 Å². The van der Waals surface area contributed by atoms with Crippen LogP contribution in [0.3, 0.4) is 0 Å². The van der Waals surface area contributed by atoms with Crippen molar-refractivity contribution in [3.8, 4) is 11.5 Å². The Morgan fingerprint density at radius 2 is 2.04 bits per heavy atom. The van der Waals surface area contributed by atoms with Gasteiger partial charge in [-0.05, 0) is 24.6 Å². The van der Waals surface area contributed by atoms with Crippen molar-refractivity contribution in [3.63, 3.8) is 0 Å². The number of pyridine rings is 1. The summed E-state index contributed by atoms with van der Waals surface area (Å²) >= 11 is 0. The molecule has 0 saturated heterocycles. The van der Waals surface area contributed by atoms with Crippen LogP contribution in [0.5, 0.6) is 11.5 Å². The number of rotatable bonds is 7. The van der Waals surface area contributed by atoms with Crippen LogP contribution in [0.15, 0.2) is 35.3 Å². The van der Waals surface area contributed by atoms with Crippen LogP contribution in [0.4, 0.5) is 4.39 Å². The summed E-state index contributed by atoms with van der Waals surface area (Å²) in [5, 5.41) is 0. The number of benzene rings is 1. The normalized spacial score (nSPS) is 12.9. The number of ether oxygens (including phenoxy) is 2. The average Bonchev–Trinajstić information content (AvgIpc) is 2.94. The minimum atomic E-state index is -3.48. The van der Waals surface area contributed by atoms with Crippen molar-refractivity contribution < 1.29 is 22.3 Å². The zero-order chi connectivity index (χ0) is 20.5. The second kappa shape index (κ2) is 7.63. The van der Waals surface area contributed by atoms with E-state index >= 15 is 0 Å². The third-order valence-corrected chi connectivity index (χ3v) is 5.09. The summed E-state index contributed by atoms with van der Waals surface area (Å²) in [4.78, 5) is 19.1. The molecule has 1 unspecified atom stereocenters. The minimum absolute atomic E-state index is 0.161. The Morgan fingerprint density at radius 1 is 1.29 bits per heavy atom. The molecule has 2 heterocycles. The van der Waals surface area contributed by atoms with E-state index in [2.05, 4.69) is 9.97 Å². The quantitative estimate of drug-likeness (QED) is 0.639. The number of nitrogens with one attached hydrogen (secondary N) is 1. The van der Waals surface area contributed by atoms with E-state index < -0.39 is 27.4 Å². The number of aromatic amines is 1. The maximum atomic E-state index is 13.5. The van der Waals surface area contributed by atoms with Crippen molar-refractivity contribution in [1.82, 2.24) is 14.5 Å². The van der Waals surface area contributed by atoms with Crippen LogP contribution < -0.4 is 15.2 Å². The molecule has 0 aliphatic heterocycles. The minimum Gasteiger partial charge on any atom is -0.493 e. The zero-order valence-electron chi connectivity index (χ0n) is 15.6. The summed E-state index contributed by atoms with van der Waals surface area (Å²) in [6, 6.07) is 5.18. The third kappa shape index (κ3) is 4.01. The maximum absolute atomic E-state index is 13.5. The first-order valence-corrected chi connectivity index (χ1v) is 10.5. The van der Waals surface area contributed by atoms with Crippen molar-refractivity contribution in [2.45, 2.75) is 13.0 Å². The van der Waals surface area contributed by atoms with Gasteiger partial charge in [0.1, 0.15) is 15.7 Å². The van der Waals surface area contributed by atoms with Gasteiger partial charge in [0.2, 0.25) is 0 Å². The molecule has 0 amide bonds. The van der Waals surface area contributed by atoms with Crippen LogP contribution in [-0.2, 0) is 9.84 Å². The number of nitrogens with zero attached hydrogens (tertiary/aromatic N) is 2. The van der Waals surface area contributed by atoms with Gasteiger partial charge in [-0.3, -0.25) is 4.57 Å². The number of halogens is 1. The molecule has 8 nitrogen and oxygen atoms in total. The lowest BCUT2D eigenvalue weighted by Crippen LogP contribution is -2.28. The number of aromatic nitrogens is 3. The maximum Gasteiger partial charge on any atom is 0.328 e. The number of sulfone groups is 1. The SMILES string of the molecule is CCOc1cc(C(CS(C)(=O)=O)n2c(=O)[nH]c3cc(F)cnc32)ccc1OC. The van der Waals surface area contributed by atoms with Gasteiger partial charge in [-0.25, -0.2) is 22.6 Å². The highest BCUT2D eigenvalue weighted by atomic mass is 32.2. The molecule has 0 fully saturated rings. The van der Waals surface area contributed by atoms with E-state index in [0.29, 0.717) is 23.7 Å². The summed E-state index contributed by atoms with van der Waals surface area (Å²) < 4.78 is 49.7. The zero-order valence-corrected chi connectivity index (χ0v) is 16.4. The molecule has 3 aromatic rings. The van der Waals surface area contributed by atoms with E-state index in [1.54, 1.807) is 18.2 Å². The monoisotopic (exact) mass is 409 g/mol. The second-order valence-electron chi connectivity index (χ2n) is 6.28. The molecular weight excluding hydrogens is 389 g/mol. The van der Waals surface area contributed by atoms with Crippen molar-refractivity contribution in [2.24, 2.45) is 0 Å². The highest BCUT2D eigenvalue weighted by Gasteiger charge is 2.25. The largest absolute Gasteiger partial charge is 0.493 e. The summed E-state index contributed by atoms with van der Waals surface area (Å²) in [6.45, 7) is 2.19. The summed E-state index contributed by atoms with van der Waals surface area (Å²) in [6.07, 6.45) is 2.06. The Labute approximate surface area is 160 Å². The molecule has 1 aromatic carbocycles. The van der Waals surface area contributed by atoms with E-state index in [4.69, 9.17) is 9.47 Å². The highest BCUT2D eigenvalue weighted by molar-refractivity contribution is 7.90. The molecular formula is C18H20FN3O5S. The molecule has 0 spiro atoms. The van der Waals surface area contributed by atoms with Gasteiger partial charge in [-0.15, -0.1) is 0 Å². The highest BCUT2D eigenvalue weighted by Crippen LogP contribution is 2.32. The Hall–Kier alpha value is -2.88. The first-order valence-electron chi connectivity index (χ1n) is 8.47. The van der Waals surface area contributed by atoms with Gasteiger partial charge in [0, 0.05) is 12.3 Å². The molecule has 0 aliphatic carbocycles. The molecule has 10 heteroatoms. The first-order chi connectivity index (χ1) is 13.2. The first kappa shape index (κ1) is 19.9. The van der Waals surface area contributed by atoms with Crippen LogP contribution in [0, 0.1) is 5.82 Å². The summed E-state index contributed by atoms with van der Waals surface area (Å²) in [5.41, 5.74) is 0.273. The van der Waals surface area contributed by atoms with Crippen molar-refractivity contribution >= 4 is 21.0 Å². The Balaban J connectivity index is 2.23. The number of imidazole rings is 1. The van der Waals surface area contributed by atoms with Crippen molar-refractivity contribution in [2.75, 3.05) is 25.7 Å². The van der Waals surface area contributed by atoms with Gasteiger partial charge in [0.05, 0.1) is 37.2 Å². The Kier molecular flexibility index (Phi) is 5.41. The van der Waals surface area contributed by atoms with Gasteiger partial charge in [0.25, 0.3) is 0 Å². The van der Waals surface area contributed by atoms with E-state index in [1.807, 2.05) is 6.92 Å². The summed E-state index contributed by atoms with van der Waals surface area (Å²) in [5.74, 6) is -0.0525. The standard InChI is InChI=1S/C18H20FN3O5S/c1-4-27-16-7-11(5-6-15(16)26-2)14(10-28(3,24)25)22-17-13(21-18(22)23)8-12(19)9-20-17/h5-9,14H,4,10H2,1-3H3,(H,21,23). The molecule has 0 bridgehead atoms. The van der Waals surface area contributed by atoms with Crippen LogP contribution >= 0.6 is 0 Å². The average molecular weight is 409 g/mol. The number of H-pyrrole nitrogens is 1.